The van der Waals surface area contributed by atoms with Crippen molar-refractivity contribution >= 4 is 39.2 Å². The van der Waals surface area contributed by atoms with Crippen LogP contribution < -0.4 is 9.80 Å². The minimum absolute atomic E-state index is 0.249. The van der Waals surface area contributed by atoms with Crippen molar-refractivity contribution in [3.63, 3.8) is 0 Å². The summed E-state index contributed by atoms with van der Waals surface area (Å²) in [5.74, 6) is 0.947. The molecule has 0 spiro atoms. The quantitative estimate of drug-likeness (QED) is 0.144. The molecule has 0 saturated heterocycles. The summed E-state index contributed by atoms with van der Waals surface area (Å²) >= 11 is 0. The van der Waals surface area contributed by atoms with Gasteiger partial charge in [-0.25, -0.2) is 0 Å². The lowest BCUT2D eigenvalue weighted by Crippen LogP contribution is -2.42. The zero-order valence-electron chi connectivity index (χ0n) is 34.2. The van der Waals surface area contributed by atoms with E-state index in [2.05, 4.69) is 254 Å². The van der Waals surface area contributed by atoms with Crippen LogP contribution in [0.5, 0.6) is 0 Å². The molecule has 0 aromatic heterocycles. The van der Waals surface area contributed by atoms with E-state index in [1.165, 1.54) is 61.1 Å². The zero-order chi connectivity index (χ0) is 40.5. The van der Waals surface area contributed by atoms with Crippen LogP contribution in [0.4, 0.5) is 28.4 Å². The number of rotatable bonds is 9. The third kappa shape index (κ3) is 7.05. The second-order valence-corrected chi connectivity index (χ2v) is 16.4. The molecule has 3 aliphatic carbocycles. The number of fused-ring (bicyclic) bond motifs is 2. The summed E-state index contributed by atoms with van der Waals surface area (Å²) in [5, 5.41) is 2.52. The lowest BCUT2D eigenvalue weighted by atomic mass is 9.75. The van der Waals surface area contributed by atoms with Crippen molar-refractivity contribution in [2.75, 3.05) is 9.80 Å². The van der Waals surface area contributed by atoms with Gasteiger partial charge in [0, 0.05) is 34.4 Å². The first-order valence-corrected chi connectivity index (χ1v) is 21.2. The van der Waals surface area contributed by atoms with Crippen LogP contribution in [0.3, 0.4) is 0 Å². The highest BCUT2D eigenvalue weighted by Crippen LogP contribution is 2.43. The molecule has 0 heterocycles. The molecule has 7 aromatic carbocycles. The standard InChI is InChI=1S/C58H48N2/c1-42-24-37-56(57-22-12-11-20-53(42)57)47-38-40-58(2,41-39-47)60(51-18-7-4-8-19-51)52-35-27-44(28-36-52)43-25-31-49(32-26-43)59(48-16-5-3-6-17-48)50-33-29-46(30-34-50)55-23-13-15-45-14-9-10-21-54(45)55/h3-40,42,53H,41H2,1-2H3. The normalized spacial score (nSPS) is 19.3. The number of nitrogens with zero attached hydrogens (tertiary/aromatic N) is 2. The number of allylic oxidation sites excluding steroid dienone is 10. The van der Waals surface area contributed by atoms with E-state index in [0.29, 0.717) is 11.8 Å². The first-order chi connectivity index (χ1) is 29.5. The third-order valence-corrected chi connectivity index (χ3v) is 12.5. The van der Waals surface area contributed by atoms with E-state index >= 15 is 0 Å². The molecule has 290 valence electrons. The molecule has 3 unspecified atom stereocenters. The second-order valence-electron chi connectivity index (χ2n) is 16.4. The summed E-state index contributed by atoms with van der Waals surface area (Å²) in [4.78, 5) is 4.83. The fraction of sp³-hybridized carbons (Fsp3) is 0.103. The summed E-state index contributed by atoms with van der Waals surface area (Å²) in [6.07, 6.45) is 21.8. The van der Waals surface area contributed by atoms with Gasteiger partial charge in [0.25, 0.3) is 0 Å². The molecule has 2 heteroatoms. The summed E-state index contributed by atoms with van der Waals surface area (Å²) in [6.45, 7) is 4.67. The van der Waals surface area contributed by atoms with E-state index in [9.17, 15) is 0 Å². The van der Waals surface area contributed by atoms with Crippen molar-refractivity contribution in [1.82, 2.24) is 0 Å². The van der Waals surface area contributed by atoms with E-state index in [4.69, 9.17) is 0 Å². The predicted octanol–water partition coefficient (Wildman–Crippen LogP) is 15.7. The van der Waals surface area contributed by atoms with Crippen LogP contribution >= 0.6 is 0 Å². The highest BCUT2D eigenvalue weighted by molar-refractivity contribution is 5.97. The molecule has 3 aliphatic rings. The van der Waals surface area contributed by atoms with E-state index in [1.807, 2.05) is 0 Å². The van der Waals surface area contributed by atoms with Crippen molar-refractivity contribution in [3.05, 3.63) is 247 Å². The molecule has 7 aromatic rings. The van der Waals surface area contributed by atoms with Crippen LogP contribution in [0.25, 0.3) is 33.0 Å². The Balaban J connectivity index is 0.923. The largest absolute Gasteiger partial charge is 0.332 e. The third-order valence-electron chi connectivity index (χ3n) is 12.5. The van der Waals surface area contributed by atoms with Gasteiger partial charge in [0.05, 0.1) is 5.54 Å². The Morgan fingerprint density at radius 1 is 0.500 bits per heavy atom. The summed E-state index contributed by atoms with van der Waals surface area (Å²) in [7, 11) is 0. The number of hydrogen-bond donors (Lipinski definition) is 0. The van der Waals surface area contributed by atoms with Gasteiger partial charge in [0.2, 0.25) is 0 Å². The van der Waals surface area contributed by atoms with Crippen LogP contribution in [0.1, 0.15) is 20.3 Å². The molecule has 60 heavy (non-hydrogen) atoms. The maximum Gasteiger partial charge on any atom is 0.0643 e. The zero-order valence-corrected chi connectivity index (χ0v) is 34.2. The average Bonchev–Trinajstić information content (AvgIpc) is 3.31. The van der Waals surface area contributed by atoms with Gasteiger partial charge in [-0.2, -0.15) is 0 Å². The first kappa shape index (κ1) is 37.1. The first-order valence-electron chi connectivity index (χ1n) is 21.2. The minimum Gasteiger partial charge on any atom is -0.332 e. The van der Waals surface area contributed by atoms with Crippen LogP contribution in [-0.2, 0) is 0 Å². The molecule has 0 radical (unpaired) electrons. The van der Waals surface area contributed by atoms with E-state index < -0.39 is 0 Å². The Bertz CT molecular complexity index is 2830. The summed E-state index contributed by atoms with van der Waals surface area (Å²) in [5.41, 5.74) is 14.4. The van der Waals surface area contributed by atoms with Crippen molar-refractivity contribution < 1.29 is 0 Å². The van der Waals surface area contributed by atoms with Crippen LogP contribution in [0.2, 0.25) is 0 Å². The summed E-state index contributed by atoms with van der Waals surface area (Å²) in [6, 6.07) is 63.6. The molecule has 0 aliphatic heterocycles. The van der Waals surface area contributed by atoms with Gasteiger partial charge in [0.15, 0.2) is 0 Å². The molecule has 0 N–H and O–H groups in total. The van der Waals surface area contributed by atoms with Crippen LogP contribution in [-0.4, -0.2) is 5.54 Å². The highest BCUT2D eigenvalue weighted by atomic mass is 15.2. The fourth-order valence-electron chi connectivity index (χ4n) is 9.31. The predicted molar refractivity (Wildman–Crippen MR) is 255 cm³/mol. The Labute approximate surface area is 354 Å². The van der Waals surface area contributed by atoms with Crippen molar-refractivity contribution in [1.29, 1.82) is 0 Å². The van der Waals surface area contributed by atoms with Crippen LogP contribution in [0.15, 0.2) is 247 Å². The smallest absolute Gasteiger partial charge is 0.0643 e. The van der Waals surface area contributed by atoms with Gasteiger partial charge >= 0.3 is 0 Å². The molecule has 3 atom stereocenters. The van der Waals surface area contributed by atoms with Gasteiger partial charge in [0.1, 0.15) is 0 Å². The molecule has 2 nitrogen and oxygen atoms in total. The molecule has 0 bridgehead atoms. The van der Waals surface area contributed by atoms with Crippen molar-refractivity contribution in [2.45, 2.75) is 25.8 Å². The highest BCUT2D eigenvalue weighted by Gasteiger charge is 2.33. The molecule has 0 amide bonds. The SMILES string of the molecule is CC1C=CC(C2=CCC(C)(N(c3ccccc3)c3ccc(-c4ccc(N(c5ccccc5)c5ccc(-c6cccc7ccccc67)cc5)cc4)cc3)C=C2)=C2C=CC=CC21. The number of benzene rings is 7. The average molecular weight is 773 g/mol. The minimum atomic E-state index is -0.249. The number of para-hydroxylation sites is 2. The molecular formula is C58H48N2. The van der Waals surface area contributed by atoms with Gasteiger partial charge < -0.3 is 9.80 Å². The van der Waals surface area contributed by atoms with Gasteiger partial charge in [-0.05, 0) is 130 Å². The molecule has 10 rings (SSSR count). The maximum absolute atomic E-state index is 2.50. The van der Waals surface area contributed by atoms with Gasteiger partial charge in [-0.1, -0.05) is 177 Å². The number of anilines is 5. The van der Waals surface area contributed by atoms with Crippen molar-refractivity contribution in [3.8, 4) is 22.3 Å². The van der Waals surface area contributed by atoms with Gasteiger partial charge in [-0.15, -0.1) is 0 Å². The Hall–Kier alpha value is -7.16. The van der Waals surface area contributed by atoms with Gasteiger partial charge in [-0.3, -0.25) is 0 Å². The molecular weight excluding hydrogens is 725 g/mol. The topological polar surface area (TPSA) is 6.48 Å². The van der Waals surface area contributed by atoms with Crippen LogP contribution in [0, 0.1) is 11.8 Å². The molecule has 0 fully saturated rings. The Morgan fingerprint density at radius 3 is 1.73 bits per heavy atom. The fourth-order valence-corrected chi connectivity index (χ4v) is 9.31. The van der Waals surface area contributed by atoms with E-state index in [1.54, 1.807) is 0 Å². The van der Waals surface area contributed by atoms with E-state index in [0.717, 1.165) is 23.5 Å². The summed E-state index contributed by atoms with van der Waals surface area (Å²) < 4.78 is 0. The lowest BCUT2D eigenvalue weighted by molar-refractivity contribution is 0.564. The monoisotopic (exact) mass is 772 g/mol. The maximum atomic E-state index is 2.50. The van der Waals surface area contributed by atoms with Crippen molar-refractivity contribution in [2.24, 2.45) is 11.8 Å². The second kappa shape index (κ2) is 15.9. The van der Waals surface area contributed by atoms with E-state index in [-0.39, 0.29) is 5.54 Å². The Kier molecular flexibility index (Phi) is 9.83. The number of hydrogen-bond acceptors (Lipinski definition) is 2. The lowest BCUT2D eigenvalue weighted by Gasteiger charge is -2.42. The molecule has 0 saturated carbocycles. The Morgan fingerprint density at radius 2 is 1.07 bits per heavy atom.